The van der Waals surface area contributed by atoms with Crippen LogP contribution in [0.5, 0.6) is 0 Å². The zero-order valence-electron chi connectivity index (χ0n) is 22.2. The van der Waals surface area contributed by atoms with E-state index in [-0.39, 0.29) is 36.3 Å². The molecule has 0 aromatic heterocycles. The van der Waals surface area contributed by atoms with Gasteiger partial charge in [-0.05, 0) is 39.3 Å². The molecule has 0 unspecified atom stereocenters. The van der Waals surface area contributed by atoms with E-state index >= 15 is 0 Å². The van der Waals surface area contributed by atoms with Crippen LogP contribution in [-0.2, 0) is 24.7 Å². The van der Waals surface area contributed by atoms with Gasteiger partial charge in [-0.25, -0.2) is 0 Å². The summed E-state index contributed by atoms with van der Waals surface area (Å²) < 4.78 is 121. The molecule has 1 aliphatic heterocycles. The van der Waals surface area contributed by atoms with Crippen LogP contribution in [0.1, 0.15) is 0 Å². The van der Waals surface area contributed by atoms with Crippen LogP contribution in [0, 0.1) is 0 Å². The highest BCUT2D eigenvalue weighted by Crippen LogP contribution is 2.37. The minimum absolute atomic E-state index is 0.151. The van der Waals surface area contributed by atoms with Crippen LogP contribution >= 0.6 is 0 Å². The Bertz CT molecular complexity index is 522. The molecule has 1 aliphatic rings. The maximum absolute atomic E-state index is 13.7. The molecule has 0 saturated carbocycles. The summed E-state index contributed by atoms with van der Waals surface area (Å²) in [6.07, 6.45) is 0. The highest BCUT2D eigenvalue weighted by atomic mass is 28.5. The lowest BCUT2D eigenvalue weighted by Gasteiger charge is -2.49. The van der Waals surface area contributed by atoms with Crippen molar-refractivity contribution >= 4 is 51.4 Å². The van der Waals surface area contributed by atoms with E-state index in [1.165, 1.54) is 0 Å². The van der Waals surface area contributed by atoms with E-state index in [0.717, 1.165) is 0 Å². The van der Waals surface area contributed by atoms with Gasteiger partial charge in [0.1, 0.15) is 0 Å². The first kappa shape index (κ1) is 34.7. The van der Waals surface area contributed by atoms with Crippen molar-refractivity contribution in [2.45, 2.75) is 75.5 Å². The van der Waals surface area contributed by atoms with Gasteiger partial charge in [0.05, 0.1) is 40.0 Å². The van der Waals surface area contributed by atoms with Gasteiger partial charge in [0, 0.05) is 36.3 Å². The predicted octanol–water partition coefficient (Wildman–Crippen LogP) is 6.35. The van der Waals surface area contributed by atoms with Crippen LogP contribution in [-0.4, -0.2) is 91.4 Å². The Morgan fingerprint density at radius 1 is 0.306 bits per heavy atom. The Labute approximate surface area is 217 Å². The first-order valence-corrected chi connectivity index (χ1v) is 27.3. The summed E-state index contributed by atoms with van der Waals surface area (Å²) in [4.78, 5) is 0. The second-order valence-electron chi connectivity index (χ2n) is 10.0. The maximum atomic E-state index is 13.7. The molecule has 18 heteroatoms. The summed E-state index contributed by atoms with van der Waals surface area (Å²) in [6.45, 7) is 4.66. The first-order valence-electron chi connectivity index (χ1n) is 12.2. The van der Waals surface area contributed by atoms with Crippen LogP contribution in [0.3, 0.4) is 0 Å². The fourth-order valence-electron chi connectivity index (χ4n) is 4.51. The summed E-state index contributed by atoms with van der Waals surface area (Å²) in [7, 11) is -21.1. The first-order chi connectivity index (χ1) is 16.6. The van der Waals surface area contributed by atoms with Crippen molar-refractivity contribution in [1.29, 1.82) is 0 Å². The lowest BCUT2D eigenvalue weighted by atomic mass is 10.9. The van der Waals surface area contributed by atoms with E-state index < -0.39 is 91.4 Å². The highest BCUT2D eigenvalue weighted by Gasteiger charge is 2.57. The number of hydrogen-bond donors (Lipinski definition) is 0. The third-order valence-corrected chi connectivity index (χ3v) is 33.2. The van der Waals surface area contributed by atoms with Crippen molar-refractivity contribution in [2.75, 3.05) is 40.0 Å². The Kier molecular flexibility index (Phi) is 13.8. The highest BCUT2D eigenvalue weighted by molar-refractivity contribution is 6.94. The monoisotopic (exact) mass is 636 g/mol. The van der Waals surface area contributed by atoms with Gasteiger partial charge in [-0.2, -0.15) is 0 Å². The maximum Gasteiger partial charge on any atom is 0.320 e. The molecule has 36 heavy (non-hydrogen) atoms. The van der Waals surface area contributed by atoms with Crippen molar-refractivity contribution in [1.82, 2.24) is 0 Å². The molecular formula is C18H42F6O6Si6. The number of hydrogen-bond acceptors (Lipinski definition) is 6. The smallest absolute Gasteiger partial charge is 0.320 e. The van der Waals surface area contributed by atoms with E-state index in [1.807, 2.05) is 0 Å². The molecule has 1 fully saturated rings. The Morgan fingerprint density at radius 3 is 0.500 bits per heavy atom. The van der Waals surface area contributed by atoms with Crippen molar-refractivity contribution in [2.24, 2.45) is 0 Å². The fraction of sp³-hybridized carbons (Fsp3) is 1.00. The summed E-state index contributed by atoms with van der Waals surface area (Å²) in [5, 5.41) is 0. The van der Waals surface area contributed by atoms with Gasteiger partial charge < -0.3 is 24.7 Å². The van der Waals surface area contributed by atoms with Crippen molar-refractivity contribution in [3.63, 3.8) is 0 Å². The molecule has 6 nitrogen and oxygen atoms in total. The van der Waals surface area contributed by atoms with Crippen molar-refractivity contribution in [3.8, 4) is 0 Å². The third-order valence-electron chi connectivity index (χ3n) is 5.88. The lowest BCUT2D eigenvalue weighted by Crippen LogP contribution is -2.67. The molecule has 0 aromatic rings. The molecule has 216 valence electrons. The van der Waals surface area contributed by atoms with Crippen LogP contribution in [0.15, 0.2) is 0 Å². The summed E-state index contributed by atoms with van der Waals surface area (Å²) in [5.41, 5.74) is 0. The molecule has 0 aromatic carbocycles. The summed E-state index contributed by atoms with van der Waals surface area (Å²) >= 11 is 0. The molecule has 1 rings (SSSR count). The SMILES string of the molecule is C[Si]1(CCF)O[Si](C)(CCF)O[Si](C)(CCF)O[Si](C)(CCF)O[Si](C)(CCF)O[Si](C)(CCF)O1. The topological polar surface area (TPSA) is 55.4 Å². The average Bonchev–Trinajstić information content (AvgIpc) is 2.65. The van der Waals surface area contributed by atoms with Gasteiger partial charge in [0.2, 0.25) is 0 Å². The van der Waals surface area contributed by atoms with E-state index in [9.17, 15) is 26.3 Å². The predicted molar refractivity (Wildman–Crippen MR) is 141 cm³/mol. The van der Waals surface area contributed by atoms with E-state index in [1.54, 1.807) is 39.3 Å². The lowest BCUT2D eigenvalue weighted by molar-refractivity contribution is 0.216. The molecule has 0 bridgehead atoms. The molecule has 0 spiro atoms. The third kappa shape index (κ3) is 10.7. The van der Waals surface area contributed by atoms with Crippen LogP contribution in [0.25, 0.3) is 0 Å². The van der Waals surface area contributed by atoms with Crippen molar-refractivity contribution in [3.05, 3.63) is 0 Å². The van der Waals surface area contributed by atoms with Crippen LogP contribution in [0.4, 0.5) is 26.3 Å². The zero-order valence-corrected chi connectivity index (χ0v) is 28.2. The molecule has 0 radical (unpaired) electrons. The van der Waals surface area contributed by atoms with E-state index in [4.69, 9.17) is 24.7 Å². The minimum Gasteiger partial charge on any atom is -0.415 e. The fourth-order valence-corrected chi connectivity index (χ4v) is 36.6. The number of rotatable bonds is 12. The number of halogens is 6. The Balaban J connectivity index is 3.77. The largest absolute Gasteiger partial charge is 0.415 e. The van der Waals surface area contributed by atoms with Gasteiger partial charge >= 0.3 is 51.4 Å². The molecule has 0 amide bonds. The molecule has 0 atom stereocenters. The molecule has 1 saturated heterocycles. The summed E-state index contributed by atoms with van der Waals surface area (Å²) in [6, 6.07) is -0.903. The summed E-state index contributed by atoms with van der Waals surface area (Å²) in [5.74, 6) is 0. The molecule has 0 aliphatic carbocycles. The number of alkyl halides is 6. The van der Waals surface area contributed by atoms with Crippen LogP contribution in [0.2, 0.25) is 75.5 Å². The quantitative estimate of drug-likeness (QED) is 0.184. The Morgan fingerprint density at radius 2 is 0.417 bits per heavy atom. The standard InChI is InChI=1S/C18H42F6O6Si6/c1-31(13-7-19)25-32(2,14-8-20)27-34(4,16-10-22)29-36(6,18-12-24)30-35(5,17-11-23)28-33(3,26-31)15-9-21/h7-18H2,1-6H3. The van der Waals surface area contributed by atoms with E-state index in [2.05, 4.69) is 0 Å². The zero-order chi connectivity index (χ0) is 27.7. The van der Waals surface area contributed by atoms with Gasteiger partial charge in [-0.3, -0.25) is 26.3 Å². The Hall–Kier alpha value is 0.641. The molecule has 0 N–H and O–H groups in total. The second-order valence-corrected chi connectivity index (χ2v) is 31.6. The van der Waals surface area contributed by atoms with Crippen LogP contribution < -0.4 is 0 Å². The van der Waals surface area contributed by atoms with Crippen molar-refractivity contribution < 1.29 is 51.0 Å². The molecular weight excluding hydrogens is 595 g/mol. The van der Waals surface area contributed by atoms with Gasteiger partial charge in [-0.15, -0.1) is 0 Å². The minimum atomic E-state index is -3.52. The molecule has 1 heterocycles. The average molecular weight is 637 g/mol. The van der Waals surface area contributed by atoms with E-state index in [0.29, 0.717) is 0 Å². The normalized spacial score (nSPS) is 41.0. The van der Waals surface area contributed by atoms with Gasteiger partial charge in [-0.1, -0.05) is 0 Å². The van der Waals surface area contributed by atoms with Gasteiger partial charge in [0.25, 0.3) is 0 Å². The van der Waals surface area contributed by atoms with Gasteiger partial charge in [0.15, 0.2) is 0 Å². The second kappa shape index (κ2) is 14.3.